The van der Waals surface area contributed by atoms with Gasteiger partial charge in [-0.3, -0.25) is 4.79 Å². The average Bonchev–Trinajstić information content (AvgIpc) is 2.93. The largest absolute Gasteiger partial charge is 0.372 e. The van der Waals surface area contributed by atoms with Crippen LogP contribution in [0.3, 0.4) is 0 Å². The second-order valence-corrected chi connectivity index (χ2v) is 7.02. The zero-order chi connectivity index (χ0) is 17.1. The molecule has 0 radical (unpaired) electrons. The van der Waals surface area contributed by atoms with Gasteiger partial charge in [-0.15, -0.1) is 10.2 Å². The van der Waals surface area contributed by atoms with E-state index in [1.54, 1.807) is 0 Å². The first kappa shape index (κ1) is 17.0. The van der Waals surface area contributed by atoms with E-state index in [0.717, 1.165) is 16.5 Å². The van der Waals surface area contributed by atoms with Gasteiger partial charge in [0.15, 0.2) is 11.0 Å². The summed E-state index contributed by atoms with van der Waals surface area (Å²) < 4.78 is 7.60. The standard InChI is InChI=1S/C17H22N4O2S/c1-12-9-21(10-13(2)23-12)15(22)11-24-17-19-18-16(20(17)3)14-7-5-4-6-8-14/h4-8,12-13H,9-11H2,1-3H3. The second-order valence-electron chi connectivity index (χ2n) is 6.08. The van der Waals surface area contributed by atoms with Crippen LogP contribution in [-0.4, -0.2) is 56.6 Å². The van der Waals surface area contributed by atoms with E-state index in [9.17, 15) is 4.79 Å². The molecule has 1 aliphatic rings. The molecular formula is C17H22N4O2S. The fraction of sp³-hybridized carbons (Fsp3) is 0.471. The second kappa shape index (κ2) is 7.36. The topological polar surface area (TPSA) is 60.2 Å². The highest BCUT2D eigenvalue weighted by Crippen LogP contribution is 2.23. The quantitative estimate of drug-likeness (QED) is 0.795. The molecule has 1 saturated heterocycles. The van der Waals surface area contributed by atoms with Crippen molar-refractivity contribution in [2.45, 2.75) is 31.2 Å². The molecule has 2 aromatic rings. The lowest BCUT2D eigenvalue weighted by Crippen LogP contribution is -2.48. The van der Waals surface area contributed by atoms with Crippen LogP contribution in [0.25, 0.3) is 11.4 Å². The molecule has 24 heavy (non-hydrogen) atoms. The maximum Gasteiger partial charge on any atom is 0.233 e. The van der Waals surface area contributed by atoms with Crippen molar-refractivity contribution in [1.29, 1.82) is 0 Å². The van der Waals surface area contributed by atoms with Crippen LogP contribution in [0.5, 0.6) is 0 Å². The van der Waals surface area contributed by atoms with E-state index in [1.807, 2.05) is 60.7 Å². The molecule has 1 aliphatic heterocycles. The third-order valence-electron chi connectivity index (χ3n) is 3.96. The summed E-state index contributed by atoms with van der Waals surface area (Å²) in [5, 5.41) is 9.21. The number of carbonyl (C=O) groups excluding carboxylic acids is 1. The van der Waals surface area contributed by atoms with Crippen LogP contribution in [0.2, 0.25) is 0 Å². The first-order chi connectivity index (χ1) is 11.5. The molecule has 6 nitrogen and oxygen atoms in total. The van der Waals surface area contributed by atoms with Gasteiger partial charge in [-0.1, -0.05) is 42.1 Å². The number of thioether (sulfide) groups is 1. The molecule has 0 aliphatic carbocycles. The van der Waals surface area contributed by atoms with Gasteiger partial charge < -0.3 is 14.2 Å². The Morgan fingerprint density at radius 1 is 1.21 bits per heavy atom. The van der Waals surface area contributed by atoms with Gasteiger partial charge >= 0.3 is 0 Å². The van der Waals surface area contributed by atoms with E-state index in [-0.39, 0.29) is 18.1 Å². The lowest BCUT2D eigenvalue weighted by molar-refractivity contribution is -0.140. The molecular weight excluding hydrogens is 324 g/mol. The van der Waals surface area contributed by atoms with Gasteiger partial charge in [-0.05, 0) is 13.8 Å². The van der Waals surface area contributed by atoms with Crippen molar-refractivity contribution in [2.24, 2.45) is 7.05 Å². The van der Waals surface area contributed by atoms with Crippen molar-refractivity contribution in [2.75, 3.05) is 18.8 Å². The van der Waals surface area contributed by atoms with Crippen molar-refractivity contribution in [3.63, 3.8) is 0 Å². The Morgan fingerprint density at radius 3 is 2.54 bits per heavy atom. The number of amides is 1. The van der Waals surface area contributed by atoms with Gasteiger partial charge in [-0.25, -0.2) is 0 Å². The molecule has 2 heterocycles. The van der Waals surface area contributed by atoms with Crippen molar-refractivity contribution < 1.29 is 9.53 Å². The van der Waals surface area contributed by atoms with Crippen molar-refractivity contribution in [3.8, 4) is 11.4 Å². The number of aromatic nitrogens is 3. The maximum absolute atomic E-state index is 12.4. The van der Waals surface area contributed by atoms with Gasteiger partial charge in [-0.2, -0.15) is 0 Å². The van der Waals surface area contributed by atoms with E-state index in [1.165, 1.54) is 11.8 Å². The minimum Gasteiger partial charge on any atom is -0.372 e. The summed E-state index contributed by atoms with van der Waals surface area (Å²) in [6.07, 6.45) is 0.171. The Morgan fingerprint density at radius 2 is 1.88 bits per heavy atom. The SMILES string of the molecule is CC1CN(C(=O)CSc2nnc(-c3ccccc3)n2C)CC(C)O1. The van der Waals surface area contributed by atoms with Crippen LogP contribution < -0.4 is 0 Å². The Labute approximate surface area is 146 Å². The van der Waals surface area contributed by atoms with Crippen LogP contribution in [0.15, 0.2) is 35.5 Å². The van der Waals surface area contributed by atoms with Gasteiger partial charge in [0.1, 0.15) is 0 Å². The molecule has 0 bridgehead atoms. The molecule has 2 unspecified atom stereocenters. The fourth-order valence-electron chi connectivity index (χ4n) is 2.88. The van der Waals surface area contributed by atoms with Crippen LogP contribution >= 0.6 is 11.8 Å². The number of ether oxygens (including phenoxy) is 1. The predicted octanol–water partition coefficient (Wildman–Crippen LogP) is 2.21. The summed E-state index contributed by atoms with van der Waals surface area (Å²) in [4.78, 5) is 14.3. The van der Waals surface area contributed by atoms with Gasteiger partial charge in [0.05, 0.1) is 18.0 Å². The molecule has 1 aromatic carbocycles. The summed E-state index contributed by atoms with van der Waals surface area (Å²) in [7, 11) is 1.92. The van der Waals surface area contributed by atoms with Gasteiger partial charge in [0.25, 0.3) is 0 Å². The lowest BCUT2D eigenvalue weighted by atomic mass is 10.2. The summed E-state index contributed by atoms with van der Waals surface area (Å²) in [5.74, 6) is 1.28. The van der Waals surface area contributed by atoms with Gasteiger partial charge in [0.2, 0.25) is 5.91 Å². The Kier molecular flexibility index (Phi) is 5.20. The van der Waals surface area contributed by atoms with E-state index in [0.29, 0.717) is 18.8 Å². The van der Waals surface area contributed by atoms with Crippen molar-refractivity contribution in [3.05, 3.63) is 30.3 Å². The highest BCUT2D eigenvalue weighted by molar-refractivity contribution is 7.99. The normalized spacial score (nSPS) is 21.0. The molecule has 0 spiro atoms. The molecule has 3 rings (SSSR count). The van der Waals surface area contributed by atoms with Crippen LogP contribution in [-0.2, 0) is 16.6 Å². The number of benzene rings is 1. The third-order valence-corrected chi connectivity index (χ3v) is 4.97. The molecule has 7 heteroatoms. The van der Waals surface area contributed by atoms with Crippen molar-refractivity contribution >= 4 is 17.7 Å². The van der Waals surface area contributed by atoms with Crippen LogP contribution in [0.4, 0.5) is 0 Å². The first-order valence-electron chi connectivity index (χ1n) is 8.05. The van der Waals surface area contributed by atoms with Gasteiger partial charge in [0, 0.05) is 25.7 Å². The highest BCUT2D eigenvalue weighted by Gasteiger charge is 2.26. The molecule has 0 saturated carbocycles. The molecule has 0 N–H and O–H groups in total. The van der Waals surface area contributed by atoms with E-state index >= 15 is 0 Å². The minimum absolute atomic E-state index is 0.0854. The number of rotatable bonds is 4. The number of hydrogen-bond donors (Lipinski definition) is 0. The highest BCUT2D eigenvalue weighted by atomic mass is 32.2. The molecule has 2 atom stereocenters. The summed E-state index contributed by atoms with van der Waals surface area (Å²) >= 11 is 1.42. The summed E-state index contributed by atoms with van der Waals surface area (Å²) in [6, 6.07) is 9.92. The monoisotopic (exact) mass is 346 g/mol. The Bertz CT molecular complexity index is 694. The average molecular weight is 346 g/mol. The number of hydrogen-bond acceptors (Lipinski definition) is 5. The van der Waals surface area contributed by atoms with E-state index in [4.69, 9.17) is 4.74 Å². The third kappa shape index (κ3) is 3.79. The number of carbonyl (C=O) groups is 1. The Hall–Kier alpha value is -1.86. The van der Waals surface area contributed by atoms with Crippen LogP contribution in [0.1, 0.15) is 13.8 Å². The van der Waals surface area contributed by atoms with E-state index in [2.05, 4.69) is 10.2 Å². The molecule has 1 amide bonds. The minimum atomic E-state index is 0.0854. The lowest BCUT2D eigenvalue weighted by Gasteiger charge is -2.35. The summed E-state index contributed by atoms with van der Waals surface area (Å²) in [5.41, 5.74) is 1.02. The number of morpholine rings is 1. The van der Waals surface area contributed by atoms with E-state index < -0.39 is 0 Å². The zero-order valence-corrected chi connectivity index (χ0v) is 15.0. The first-order valence-corrected chi connectivity index (χ1v) is 9.04. The summed E-state index contributed by atoms with van der Waals surface area (Å²) in [6.45, 7) is 5.30. The smallest absolute Gasteiger partial charge is 0.233 e. The molecule has 1 aromatic heterocycles. The van der Waals surface area contributed by atoms with Crippen LogP contribution in [0, 0.1) is 0 Å². The molecule has 128 valence electrons. The number of nitrogens with zero attached hydrogens (tertiary/aromatic N) is 4. The Balaban J connectivity index is 1.63. The zero-order valence-electron chi connectivity index (χ0n) is 14.2. The maximum atomic E-state index is 12.4. The van der Waals surface area contributed by atoms with Crippen molar-refractivity contribution in [1.82, 2.24) is 19.7 Å². The molecule has 1 fully saturated rings. The fourth-order valence-corrected chi connectivity index (χ4v) is 3.69. The predicted molar refractivity (Wildman–Crippen MR) is 93.8 cm³/mol.